The zero-order valence-electron chi connectivity index (χ0n) is 15.7. The van der Waals surface area contributed by atoms with Crippen molar-refractivity contribution in [3.8, 4) is 11.3 Å². The van der Waals surface area contributed by atoms with Gasteiger partial charge in [0.1, 0.15) is 0 Å². The first-order valence-electron chi connectivity index (χ1n) is 8.53. The number of aliphatic imine (C=N–C) groups is 1. The molecule has 3 rings (SSSR count). The highest BCUT2D eigenvalue weighted by Crippen LogP contribution is 2.19. The Hall–Kier alpha value is -1.94. The number of guanidine groups is 1. The Morgan fingerprint density at radius 2 is 1.96 bits per heavy atom. The minimum atomic E-state index is 0. The molecule has 0 aliphatic heterocycles. The van der Waals surface area contributed by atoms with Crippen LogP contribution in [0.4, 0.5) is 0 Å². The summed E-state index contributed by atoms with van der Waals surface area (Å²) in [5.74, 6) is 2.10. The number of halogens is 1. The standard InChI is InChI=1S/C19H23N5OS.HI/c1-13-14(2)26-18(24-13)9-10-21-19(20-3)23-12-17-22-11-16(25-17)15-7-5-4-6-8-15;/h4-8,11H,9-10,12H2,1-3H3,(H2,20,21,23);1H. The van der Waals surface area contributed by atoms with E-state index in [0.717, 1.165) is 41.0 Å². The minimum Gasteiger partial charge on any atom is -0.439 e. The monoisotopic (exact) mass is 497 g/mol. The van der Waals surface area contributed by atoms with E-state index in [1.807, 2.05) is 37.3 Å². The molecule has 144 valence electrons. The maximum absolute atomic E-state index is 5.79. The van der Waals surface area contributed by atoms with Crippen molar-refractivity contribution in [2.45, 2.75) is 26.8 Å². The van der Waals surface area contributed by atoms with Gasteiger partial charge in [0.05, 0.1) is 23.4 Å². The van der Waals surface area contributed by atoms with Crippen molar-refractivity contribution >= 4 is 41.3 Å². The van der Waals surface area contributed by atoms with Crippen molar-refractivity contribution in [3.63, 3.8) is 0 Å². The van der Waals surface area contributed by atoms with Gasteiger partial charge in [0, 0.05) is 30.5 Å². The highest BCUT2D eigenvalue weighted by atomic mass is 127. The minimum absolute atomic E-state index is 0. The number of hydrogen-bond acceptors (Lipinski definition) is 5. The van der Waals surface area contributed by atoms with Crippen molar-refractivity contribution < 1.29 is 4.42 Å². The maximum atomic E-state index is 5.79. The molecular formula is C19H24IN5OS. The summed E-state index contributed by atoms with van der Waals surface area (Å²) < 4.78 is 5.79. The van der Waals surface area contributed by atoms with Gasteiger partial charge in [0.2, 0.25) is 5.89 Å². The largest absolute Gasteiger partial charge is 0.439 e. The number of aromatic nitrogens is 2. The first kappa shape index (κ1) is 21.4. The fourth-order valence-corrected chi connectivity index (χ4v) is 3.38. The SMILES string of the molecule is CN=C(NCCc1nc(C)c(C)s1)NCc1ncc(-c2ccccc2)o1.I. The Bertz CT molecular complexity index is 856. The molecule has 2 heterocycles. The second-order valence-electron chi connectivity index (χ2n) is 5.84. The number of aryl methyl sites for hydroxylation is 2. The molecule has 2 aromatic heterocycles. The summed E-state index contributed by atoms with van der Waals surface area (Å²) in [4.78, 5) is 14.4. The summed E-state index contributed by atoms with van der Waals surface area (Å²) in [6.07, 6.45) is 2.62. The molecule has 0 aliphatic carbocycles. The topological polar surface area (TPSA) is 75.3 Å². The van der Waals surface area contributed by atoms with Crippen LogP contribution in [0.25, 0.3) is 11.3 Å². The highest BCUT2D eigenvalue weighted by Gasteiger charge is 2.07. The van der Waals surface area contributed by atoms with Crippen LogP contribution in [0.2, 0.25) is 0 Å². The zero-order valence-corrected chi connectivity index (χ0v) is 18.8. The Kier molecular flexibility index (Phi) is 8.23. The molecule has 0 radical (unpaired) electrons. The molecule has 0 fully saturated rings. The number of oxazole rings is 1. The third-order valence-corrected chi connectivity index (χ3v) is 5.08. The van der Waals surface area contributed by atoms with E-state index in [0.29, 0.717) is 12.4 Å². The van der Waals surface area contributed by atoms with E-state index in [1.54, 1.807) is 24.6 Å². The van der Waals surface area contributed by atoms with Gasteiger partial charge < -0.3 is 15.1 Å². The van der Waals surface area contributed by atoms with Crippen LogP contribution in [0.3, 0.4) is 0 Å². The number of nitrogens with zero attached hydrogens (tertiary/aromatic N) is 3. The van der Waals surface area contributed by atoms with E-state index in [1.165, 1.54) is 4.88 Å². The second-order valence-corrected chi connectivity index (χ2v) is 7.12. The number of thiazole rings is 1. The molecular weight excluding hydrogens is 473 g/mol. The number of nitrogens with one attached hydrogen (secondary N) is 2. The fraction of sp³-hybridized carbons (Fsp3) is 0.316. The van der Waals surface area contributed by atoms with Gasteiger partial charge in [0.25, 0.3) is 0 Å². The van der Waals surface area contributed by atoms with Crippen molar-refractivity contribution in [1.82, 2.24) is 20.6 Å². The molecule has 0 bridgehead atoms. The van der Waals surface area contributed by atoms with E-state index in [9.17, 15) is 0 Å². The normalized spacial score (nSPS) is 11.1. The van der Waals surface area contributed by atoms with Crippen LogP contribution in [0.15, 0.2) is 45.9 Å². The molecule has 0 aliphatic rings. The van der Waals surface area contributed by atoms with Gasteiger partial charge in [-0.1, -0.05) is 30.3 Å². The van der Waals surface area contributed by atoms with E-state index >= 15 is 0 Å². The van der Waals surface area contributed by atoms with E-state index < -0.39 is 0 Å². The van der Waals surface area contributed by atoms with Gasteiger partial charge in [0.15, 0.2) is 11.7 Å². The molecule has 3 aromatic rings. The first-order valence-corrected chi connectivity index (χ1v) is 9.35. The van der Waals surface area contributed by atoms with Crippen LogP contribution in [0.5, 0.6) is 0 Å². The lowest BCUT2D eigenvalue weighted by molar-refractivity contribution is 0.497. The molecule has 0 saturated carbocycles. The van der Waals surface area contributed by atoms with Gasteiger partial charge in [-0.15, -0.1) is 35.3 Å². The maximum Gasteiger partial charge on any atom is 0.214 e. The van der Waals surface area contributed by atoms with Crippen LogP contribution in [-0.2, 0) is 13.0 Å². The van der Waals surface area contributed by atoms with Gasteiger partial charge in [-0.25, -0.2) is 9.97 Å². The Balaban J connectivity index is 0.00000261. The third kappa shape index (κ3) is 6.03. The smallest absolute Gasteiger partial charge is 0.214 e. The summed E-state index contributed by atoms with van der Waals surface area (Å²) in [5, 5.41) is 7.65. The molecule has 27 heavy (non-hydrogen) atoms. The second kappa shape index (κ2) is 10.4. The third-order valence-electron chi connectivity index (χ3n) is 3.95. The lowest BCUT2D eigenvalue weighted by Crippen LogP contribution is -2.37. The summed E-state index contributed by atoms with van der Waals surface area (Å²) in [6.45, 7) is 5.39. The molecule has 0 atom stereocenters. The Labute approximate surface area is 180 Å². The highest BCUT2D eigenvalue weighted by molar-refractivity contribution is 14.0. The van der Waals surface area contributed by atoms with Crippen molar-refractivity contribution in [2.24, 2.45) is 4.99 Å². The molecule has 1 aromatic carbocycles. The van der Waals surface area contributed by atoms with Gasteiger partial charge in [-0.05, 0) is 13.8 Å². The summed E-state index contributed by atoms with van der Waals surface area (Å²) in [6, 6.07) is 9.94. The average molecular weight is 497 g/mol. The summed E-state index contributed by atoms with van der Waals surface area (Å²) in [5.41, 5.74) is 2.13. The van der Waals surface area contributed by atoms with Crippen LogP contribution in [0, 0.1) is 13.8 Å². The van der Waals surface area contributed by atoms with Crippen molar-refractivity contribution in [2.75, 3.05) is 13.6 Å². The van der Waals surface area contributed by atoms with Crippen molar-refractivity contribution in [3.05, 3.63) is 58.0 Å². The lowest BCUT2D eigenvalue weighted by Gasteiger charge is -2.09. The number of rotatable bonds is 6. The molecule has 2 N–H and O–H groups in total. The molecule has 8 heteroatoms. The zero-order chi connectivity index (χ0) is 18.4. The van der Waals surface area contributed by atoms with Gasteiger partial charge in [-0.2, -0.15) is 0 Å². The average Bonchev–Trinajstić information content (AvgIpc) is 3.25. The molecule has 6 nitrogen and oxygen atoms in total. The Morgan fingerprint density at radius 3 is 2.63 bits per heavy atom. The number of benzene rings is 1. The van der Waals surface area contributed by atoms with Gasteiger partial charge in [-0.3, -0.25) is 4.99 Å². The quantitative estimate of drug-likeness (QED) is 0.307. The number of hydrogen-bond donors (Lipinski definition) is 2. The summed E-state index contributed by atoms with van der Waals surface area (Å²) >= 11 is 1.75. The molecule has 0 saturated heterocycles. The summed E-state index contributed by atoms with van der Waals surface area (Å²) in [7, 11) is 1.75. The molecule has 0 amide bonds. The fourth-order valence-electron chi connectivity index (χ4n) is 2.44. The molecule has 0 unspecified atom stereocenters. The van der Waals surface area contributed by atoms with Crippen LogP contribution >= 0.6 is 35.3 Å². The predicted octanol–water partition coefficient (Wildman–Crippen LogP) is 3.94. The first-order chi connectivity index (χ1) is 12.7. The van der Waals surface area contributed by atoms with E-state index in [2.05, 4.69) is 32.5 Å². The van der Waals surface area contributed by atoms with Crippen LogP contribution < -0.4 is 10.6 Å². The van der Waals surface area contributed by atoms with Crippen molar-refractivity contribution in [1.29, 1.82) is 0 Å². The van der Waals surface area contributed by atoms with Crippen LogP contribution in [0.1, 0.15) is 21.5 Å². The predicted molar refractivity (Wildman–Crippen MR) is 121 cm³/mol. The van der Waals surface area contributed by atoms with Crippen LogP contribution in [-0.4, -0.2) is 29.5 Å². The molecule has 0 spiro atoms. The van der Waals surface area contributed by atoms with E-state index in [-0.39, 0.29) is 24.0 Å². The lowest BCUT2D eigenvalue weighted by atomic mass is 10.2. The Morgan fingerprint density at radius 1 is 1.19 bits per heavy atom. The van der Waals surface area contributed by atoms with E-state index in [4.69, 9.17) is 4.42 Å². The van der Waals surface area contributed by atoms with Gasteiger partial charge >= 0.3 is 0 Å².